The van der Waals surface area contributed by atoms with Gasteiger partial charge in [0.05, 0.1) is 16.0 Å². The lowest BCUT2D eigenvalue weighted by Gasteiger charge is -2.23. The first kappa shape index (κ1) is 27.9. The summed E-state index contributed by atoms with van der Waals surface area (Å²) in [7, 11) is 0. The zero-order valence-corrected chi connectivity index (χ0v) is 22.0. The molecule has 1 unspecified atom stereocenters. The second kappa shape index (κ2) is 9.97. The zero-order valence-electron chi connectivity index (χ0n) is 21.2. The second-order valence-electron chi connectivity index (χ2n) is 10.7. The molecular formula is C24H32F3N5O3S. The van der Waals surface area contributed by atoms with Crippen LogP contribution in [0.5, 0.6) is 0 Å². The number of amides is 2. The first-order chi connectivity index (χ1) is 16.5. The van der Waals surface area contributed by atoms with Crippen LogP contribution in [0.3, 0.4) is 0 Å². The van der Waals surface area contributed by atoms with E-state index in [0.29, 0.717) is 17.9 Å². The van der Waals surface area contributed by atoms with Gasteiger partial charge < -0.3 is 20.6 Å². The van der Waals surface area contributed by atoms with Crippen molar-refractivity contribution in [3.05, 3.63) is 28.5 Å². The number of carbonyl (C=O) groups excluding carboxylic acids is 2. The second-order valence-corrected chi connectivity index (χ2v) is 11.7. The average Bonchev–Trinajstić information content (AvgIpc) is 3.36. The summed E-state index contributed by atoms with van der Waals surface area (Å²) in [4.78, 5) is 36.0. The number of rotatable bonds is 6. The molecule has 36 heavy (non-hydrogen) atoms. The lowest BCUT2D eigenvalue weighted by atomic mass is 10.1. The molecule has 12 heteroatoms. The quantitative estimate of drug-likeness (QED) is 0.509. The van der Waals surface area contributed by atoms with Crippen molar-refractivity contribution in [1.82, 2.24) is 20.2 Å². The summed E-state index contributed by atoms with van der Waals surface area (Å²) in [5.41, 5.74) is -3.26. The van der Waals surface area contributed by atoms with E-state index >= 15 is 0 Å². The molecule has 3 heterocycles. The van der Waals surface area contributed by atoms with Gasteiger partial charge in [-0.3, -0.25) is 9.59 Å². The van der Waals surface area contributed by atoms with E-state index in [1.54, 1.807) is 25.7 Å². The van der Waals surface area contributed by atoms with Gasteiger partial charge in [0, 0.05) is 36.4 Å². The fourth-order valence-electron chi connectivity index (χ4n) is 3.81. The molecule has 0 spiro atoms. The van der Waals surface area contributed by atoms with Crippen molar-refractivity contribution in [3.8, 4) is 10.4 Å². The predicted octanol–water partition coefficient (Wildman–Crippen LogP) is 4.56. The van der Waals surface area contributed by atoms with E-state index in [-0.39, 0.29) is 39.5 Å². The third-order valence-corrected chi connectivity index (χ3v) is 6.56. The highest BCUT2D eigenvalue weighted by molar-refractivity contribution is 7.17. The number of anilines is 1. The summed E-state index contributed by atoms with van der Waals surface area (Å²) in [6.07, 6.45) is -2.14. The summed E-state index contributed by atoms with van der Waals surface area (Å²) >= 11 is 0.696. The highest BCUT2D eigenvalue weighted by Crippen LogP contribution is 2.42. The van der Waals surface area contributed by atoms with Crippen molar-refractivity contribution in [1.29, 1.82) is 0 Å². The molecule has 2 aromatic rings. The van der Waals surface area contributed by atoms with Gasteiger partial charge in [0.25, 0.3) is 11.8 Å². The summed E-state index contributed by atoms with van der Waals surface area (Å²) in [5.74, 6) is -1.19. The summed E-state index contributed by atoms with van der Waals surface area (Å²) in [6, 6.07) is 0.805. The summed E-state index contributed by atoms with van der Waals surface area (Å²) in [6.45, 7) is 10.6. The molecule has 0 bridgehead atoms. The molecule has 3 N–H and O–H groups in total. The number of aromatic nitrogens is 2. The van der Waals surface area contributed by atoms with Crippen molar-refractivity contribution in [2.75, 3.05) is 18.4 Å². The van der Waals surface area contributed by atoms with E-state index in [2.05, 4.69) is 20.6 Å². The van der Waals surface area contributed by atoms with Gasteiger partial charge in [-0.2, -0.15) is 13.2 Å². The van der Waals surface area contributed by atoms with Gasteiger partial charge in [0.2, 0.25) is 0 Å². The molecular weight excluding hydrogens is 495 g/mol. The van der Waals surface area contributed by atoms with Crippen LogP contribution >= 0.6 is 11.3 Å². The molecule has 1 aliphatic heterocycles. The minimum atomic E-state index is -4.75. The standard InChI is InChI=1S/C24H32F3N5O3S/c1-13-8-7-9-32(13)21(34)17-18(36-20(30-17)19(33)29-12-23(5,6)35)14-11-28-16(31-22(2,3)4)10-15(14)24(25,26)27/h10-11,13,35H,7-9,12H2,1-6H3,(H,28,31)(H,29,33). The Morgan fingerprint density at radius 2 is 1.89 bits per heavy atom. The maximum atomic E-state index is 14.2. The van der Waals surface area contributed by atoms with Crippen LogP contribution in [0.25, 0.3) is 10.4 Å². The summed E-state index contributed by atoms with van der Waals surface area (Å²) in [5, 5.41) is 15.2. The monoisotopic (exact) mass is 527 g/mol. The minimum Gasteiger partial charge on any atom is -0.389 e. The molecule has 0 aliphatic carbocycles. The van der Waals surface area contributed by atoms with Gasteiger partial charge in [-0.1, -0.05) is 0 Å². The van der Waals surface area contributed by atoms with Crippen LogP contribution in [0.2, 0.25) is 0 Å². The Kier molecular flexibility index (Phi) is 7.71. The molecule has 198 valence electrons. The Morgan fingerprint density at radius 1 is 1.22 bits per heavy atom. The van der Waals surface area contributed by atoms with Crippen molar-refractivity contribution in [3.63, 3.8) is 0 Å². The highest BCUT2D eigenvalue weighted by atomic mass is 32.1. The largest absolute Gasteiger partial charge is 0.417 e. The van der Waals surface area contributed by atoms with Crippen molar-refractivity contribution >= 4 is 29.0 Å². The number of carbonyl (C=O) groups is 2. The molecule has 3 rings (SSSR count). The molecule has 8 nitrogen and oxygen atoms in total. The zero-order chi connectivity index (χ0) is 27.1. The number of halogens is 3. The van der Waals surface area contributed by atoms with Crippen LogP contribution in [0.15, 0.2) is 12.3 Å². The Bertz CT molecular complexity index is 1140. The van der Waals surface area contributed by atoms with Crippen LogP contribution in [0.1, 0.15) is 80.2 Å². The molecule has 2 amide bonds. The number of likely N-dealkylation sites (tertiary alicyclic amines) is 1. The van der Waals surface area contributed by atoms with E-state index in [1.807, 2.05) is 6.92 Å². The Morgan fingerprint density at radius 3 is 2.42 bits per heavy atom. The molecule has 1 saturated heterocycles. The van der Waals surface area contributed by atoms with E-state index in [1.165, 1.54) is 13.8 Å². The predicted molar refractivity (Wildman–Crippen MR) is 132 cm³/mol. The van der Waals surface area contributed by atoms with Crippen LogP contribution < -0.4 is 10.6 Å². The van der Waals surface area contributed by atoms with Gasteiger partial charge in [-0.05, 0) is 60.5 Å². The molecule has 1 atom stereocenters. The number of alkyl halides is 3. The average molecular weight is 528 g/mol. The van der Waals surface area contributed by atoms with Crippen LogP contribution in [-0.2, 0) is 6.18 Å². The molecule has 0 saturated carbocycles. The van der Waals surface area contributed by atoms with E-state index < -0.39 is 34.7 Å². The SMILES string of the molecule is CC1CCCN1C(=O)c1nc(C(=O)NCC(C)(C)O)sc1-c1cnc(NC(C)(C)C)cc1C(F)(F)F. The number of hydrogen-bond donors (Lipinski definition) is 3. The normalized spacial score (nSPS) is 16.8. The summed E-state index contributed by atoms with van der Waals surface area (Å²) < 4.78 is 42.6. The third-order valence-electron chi connectivity index (χ3n) is 5.48. The number of thiazole rings is 1. The van der Waals surface area contributed by atoms with E-state index in [4.69, 9.17) is 0 Å². The lowest BCUT2D eigenvalue weighted by molar-refractivity contribution is -0.137. The lowest BCUT2D eigenvalue weighted by Crippen LogP contribution is -2.38. The van der Waals surface area contributed by atoms with Crippen molar-refractivity contribution in [2.45, 2.75) is 77.7 Å². The number of nitrogens with zero attached hydrogens (tertiary/aromatic N) is 3. The fraction of sp³-hybridized carbons (Fsp3) is 0.583. The smallest absolute Gasteiger partial charge is 0.389 e. The third kappa shape index (κ3) is 6.73. The molecule has 1 fully saturated rings. The topological polar surface area (TPSA) is 107 Å². The first-order valence-electron chi connectivity index (χ1n) is 11.6. The maximum absolute atomic E-state index is 14.2. The number of pyridine rings is 1. The maximum Gasteiger partial charge on any atom is 0.417 e. The van der Waals surface area contributed by atoms with Gasteiger partial charge in [-0.15, -0.1) is 11.3 Å². The molecule has 1 aliphatic rings. The molecule has 2 aromatic heterocycles. The van der Waals surface area contributed by atoms with Gasteiger partial charge in [0.1, 0.15) is 11.5 Å². The number of nitrogens with one attached hydrogen (secondary N) is 2. The Balaban J connectivity index is 2.14. The molecule has 0 aromatic carbocycles. The van der Waals surface area contributed by atoms with Crippen molar-refractivity contribution < 1.29 is 27.9 Å². The minimum absolute atomic E-state index is 0.0345. The van der Waals surface area contributed by atoms with Gasteiger partial charge >= 0.3 is 6.18 Å². The Hall–Kier alpha value is -2.73. The van der Waals surface area contributed by atoms with Gasteiger partial charge in [0.15, 0.2) is 5.01 Å². The van der Waals surface area contributed by atoms with Crippen molar-refractivity contribution in [2.24, 2.45) is 0 Å². The first-order valence-corrected chi connectivity index (χ1v) is 12.5. The van der Waals surface area contributed by atoms with Crippen LogP contribution in [-0.4, -0.2) is 62.1 Å². The highest BCUT2D eigenvalue weighted by Gasteiger charge is 2.38. The molecule has 0 radical (unpaired) electrons. The van der Waals surface area contributed by atoms with E-state index in [0.717, 1.165) is 25.1 Å². The number of hydrogen-bond acceptors (Lipinski definition) is 7. The van der Waals surface area contributed by atoms with Gasteiger partial charge in [-0.25, -0.2) is 9.97 Å². The Labute approximate surface area is 212 Å². The fourth-order valence-corrected chi connectivity index (χ4v) is 4.81. The van der Waals surface area contributed by atoms with Crippen LogP contribution in [0.4, 0.5) is 19.0 Å². The number of aliphatic hydroxyl groups is 1. The van der Waals surface area contributed by atoms with Crippen LogP contribution in [0, 0.1) is 0 Å². The van der Waals surface area contributed by atoms with E-state index in [9.17, 15) is 27.9 Å².